The zero-order valence-electron chi connectivity index (χ0n) is 12.0. The Labute approximate surface area is 127 Å². The van der Waals surface area contributed by atoms with Gasteiger partial charge < -0.3 is 5.32 Å². The molecule has 1 atom stereocenters. The minimum atomic E-state index is 0.0436. The van der Waals surface area contributed by atoms with E-state index in [1.807, 2.05) is 0 Å². The summed E-state index contributed by atoms with van der Waals surface area (Å²) >= 11 is 5.61. The van der Waals surface area contributed by atoms with Crippen molar-refractivity contribution in [2.24, 2.45) is 0 Å². The average Bonchev–Trinajstić information content (AvgIpc) is 2.85. The second-order valence-corrected chi connectivity index (χ2v) is 6.62. The van der Waals surface area contributed by atoms with Crippen LogP contribution in [0.2, 0.25) is 0 Å². The van der Waals surface area contributed by atoms with Crippen LogP contribution in [-0.4, -0.2) is 10.7 Å². The first-order chi connectivity index (χ1) is 9.79. The quantitative estimate of drug-likeness (QED) is 0.762. The number of hydrogen-bond acceptors (Lipinski definition) is 2. The first kappa shape index (κ1) is 14.0. The molecule has 3 rings (SSSR count). The molecule has 1 aromatic rings. The van der Waals surface area contributed by atoms with Gasteiger partial charge in [-0.3, -0.25) is 5.32 Å². The molecule has 2 aliphatic rings. The molecule has 0 radical (unpaired) electrons. The van der Waals surface area contributed by atoms with Crippen molar-refractivity contribution >= 4 is 17.2 Å². The molecule has 1 heterocycles. The van der Waals surface area contributed by atoms with Crippen LogP contribution >= 0.6 is 12.2 Å². The molecule has 2 fully saturated rings. The van der Waals surface area contributed by atoms with Crippen molar-refractivity contribution in [3.8, 4) is 0 Å². The highest BCUT2D eigenvalue weighted by molar-refractivity contribution is 7.80. The van der Waals surface area contributed by atoms with Gasteiger partial charge in [0.2, 0.25) is 0 Å². The maximum Gasteiger partial charge on any atom is 0.0986 e. The normalized spacial score (nSPS) is 26.6. The van der Waals surface area contributed by atoms with Crippen LogP contribution in [0.25, 0.3) is 0 Å². The number of rotatable bonds is 1. The predicted octanol–water partition coefficient (Wildman–Crippen LogP) is 4.08. The first-order valence-electron chi connectivity index (χ1n) is 7.94. The van der Waals surface area contributed by atoms with Crippen LogP contribution in [0.1, 0.15) is 63.0 Å². The molecule has 2 nitrogen and oxygen atoms in total. The van der Waals surface area contributed by atoms with Gasteiger partial charge in [0.15, 0.2) is 0 Å². The van der Waals surface area contributed by atoms with Crippen LogP contribution < -0.4 is 10.6 Å². The molecular weight excluding hydrogens is 264 g/mol. The Morgan fingerprint density at radius 2 is 1.50 bits per heavy atom. The van der Waals surface area contributed by atoms with E-state index in [2.05, 4.69) is 41.0 Å². The van der Waals surface area contributed by atoms with Crippen molar-refractivity contribution in [3.05, 3.63) is 35.9 Å². The zero-order valence-corrected chi connectivity index (χ0v) is 12.8. The third-order valence-electron chi connectivity index (χ3n) is 4.64. The summed E-state index contributed by atoms with van der Waals surface area (Å²) in [7, 11) is 0. The van der Waals surface area contributed by atoms with E-state index in [-0.39, 0.29) is 11.7 Å². The summed E-state index contributed by atoms with van der Waals surface area (Å²) in [6.45, 7) is 0. The number of thiocarbonyl (C=S) groups is 1. The average molecular weight is 288 g/mol. The Morgan fingerprint density at radius 1 is 0.900 bits per heavy atom. The second-order valence-electron chi connectivity index (χ2n) is 6.18. The molecule has 1 unspecified atom stereocenters. The van der Waals surface area contributed by atoms with Crippen LogP contribution in [0.3, 0.4) is 0 Å². The molecule has 0 amide bonds. The van der Waals surface area contributed by atoms with Crippen molar-refractivity contribution in [2.75, 3.05) is 0 Å². The lowest BCUT2D eigenvalue weighted by Crippen LogP contribution is -2.49. The molecule has 1 aromatic carbocycles. The summed E-state index contributed by atoms with van der Waals surface area (Å²) in [4.78, 5) is 0.968. The second kappa shape index (κ2) is 6.23. The molecule has 1 aliphatic heterocycles. The molecule has 2 N–H and O–H groups in total. The van der Waals surface area contributed by atoms with E-state index >= 15 is 0 Å². The fraction of sp³-hybridized carbons (Fsp3) is 0.588. The SMILES string of the molecule is S=C1NC2(CCCCCCCC2)NC1c1ccccc1. The van der Waals surface area contributed by atoms with Crippen LogP contribution in [0, 0.1) is 0 Å². The molecule has 1 saturated heterocycles. The van der Waals surface area contributed by atoms with E-state index in [1.54, 1.807) is 0 Å². The van der Waals surface area contributed by atoms with Gasteiger partial charge in [0.1, 0.15) is 0 Å². The van der Waals surface area contributed by atoms with Crippen LogP contribution in [0.5, 0.6) is 0 Å². The van der Waals surface area contributed by atoms with Crippen molar-refractivity contribution < 1.29 is 0 Å². The molecule has 20 heavy (non-hydrogen) atoms. The first-order valence-corrected chi connectivity index (χ1v) is 8.35. The fourth-order valence-corrected chi connectivity index (χ4v) is 3.91. The maximum absolute atomic E-state index is 5.61. The summed E-state index contributed by atoms with van der Waals surface area (Å²) in [6, 6.07) is 10.8. The summed E-state index contributed by atoms with van der Waals surface area (Å²) < 4.78 is 0. The summed E-state index contributed by atoms with van der Waals surface area (Å²) in [5.74, 6) is 0. The van der Waals surface area contributed by atoms with Gasteiger partial charge >= 0.3 is 0 Å². The summed E-state index contributed by atoms with van der Waals surface area (Å²) in [6.07, 6.45) is 10.5. The van der Waals surface area contributed by atoms with Crippen molar-refractivity contribution in [3.63, 3.8) is 0 Å². The van der Waals surface area contributed by atoms with Gasteiger partial charge in [0, 0.05) is 0 Å². The highest BCUT2D eigenvalue weighted by Gasteiger charge is 2.40. The highest BCUT2D eigenvalue weighted by atomic mass is 32.1. The van der Waals surface area contributed by atoms with E-state index in [1.165, 1.54) is 56.9 Å². The maximum atomic E-state index is 5.61. The molecule has 108 valence electrons. The molecule has 1 aliphatic carbocycles. The van der Waals surface area contributed by atoms with Crippen LogP contribution in [-0.2, 0) is 0 Å². The van der Waals surface area contributed by atoms with Gasteiger partial charge in [0.05, 0.1) is 16.7 Å². The van der Waals surface area contributed by atoms with Gasteiger partial charge in [-0.25, -0.2) is 0 Å². The van der Waals surface area contributed by atoms with Gasteiger partial charge in [-0.2, -0.15) is 0 Å². The zero-order chi connectivity index (χ0) is 13.8. The molecule has 1 saturated carbocycles. The lowest BCUT2D eigenvalue weighted by molar-refractivity contribution is 0.270. The number of nitrogens with one attached hydrogen (secondary N) is 2. The third-order valence-corrected chi connectivity index (χ3v) is 4.97. The van der Waals surface area contributed by atoms with E-state index in [4.69, 9.17) is 12.2 Å². The molecule has 3 heteroatoms. The topological polar surface area (TPSA) is 24.1 Å². The monoisotopic (exact) mass is 288 g/mol. The van der Waals surface area contributed by atoms with E-state index in [0.717, 1.165) is 4.99 Å². The Bertz CT molecular complexity index is 447. The summed E-state index contributed by atoms with van der Waals surface area (Å²) in [5, 5.41) is 7.45. The van der Waals surface area contributed by atoms with Gasteiger partial charge in [-0.05, 0) is 31.2 Å². The fourth-order valence-electron chi connectivity index (χ4n) is 3.52. The Hall–Kier alpha value is -0.930. The van der Waals surface area contributed by atoms with Gasteiger partial charge in [0.25, 0.3) is 0 Å². The van der Waals surface area contributed by atoms with Crippen LogP contribution in [0.4, 0.5) is 0 Å². The third kappa shape index (κ3) is 3.04. The Kier molecular flexibility index (Phi) is 4.37. The highest BCUT2D eigenvalue weighted by Crippen LogP contribution is 2.32. The van der Waals surface area contributed by atoms with E-state index < -0.39 is 0 Å². The number of benzene rings is 1. The molecular formula is C17H24N2S. The standard InChI is InChI=1S/C17H24N2S/c20-16-15(14-10-6-5-7-11-14)18-17(19-16)12-8-3-1-2-4-9-13-17/h5-7,10-11,15,18H,1-4,8-9,12-13H2,(H,19,20). The van der Waals surface area contributed by atoms with Gasteiger partial charge in [-0.15, -0.1) is 0 Å². The van der Waals surface area contributed by atoms with Crippen molar-refractivity contribution in [2.45, 2.75) is 63.1 Å². The smallest absolute Gasteiger partial charge is 0.0986 e. The van der Waals surface area contributed by atoms with E-state index in [9.17, 15) is 0 Å². The number of hydrogen-bond donors (Lipinski definition) is 2. The van der Waals surface area contributed by atoms with Crippen LogP contribution in [0.15, 0.2) is 30.3 Å². The lowest BCUT2D eigenvalue weighted by Gasteiger charge is -2.30. The van der Waals surface area contributed by atoms with Crippen molar-refractivity contribution in [1.29, 1.82) is 0 Å². The lowest BCUT2D eigenvalue weighted by atomic mass is 9.97. The van der Waals surface area contributed by atoms with Gasteiger partial charge in [-0.1, -0.05) is 68.2 Å². The minimum Gasteiger partial charge on any atom is -0.360 e. The Balaban J connectivity index is 1.76. The largest absolute Gasteiger partial charge is 0.360 e. The summed E-state index contributed by atoms with van der Waals surface area (Å²) in [5.41, 5.74) is 1.32. The molecule has 0 aromatic heterocycles. The predicted molar refractivity (Wildman–Crippen MR) is 87.7 cm³/mol. The van der Waals surface area contributed by atoms with Crippen molar-refractivity contribution in [1.82, 2.24) is 10.6 Å². The Morgan fingerprint density at radius 3 is 2.15 bits per heavy atom. The minimum absolute atomic E-state index is 0.0436. The molecule has 0 bridgehead atoms. The van der Waals surface area contributed by atoms with E-state index in [0.29, 0.717) is 0 Å². The molecule has 1 spiro atoms.